The maximum Gasteiger partial charge on any atom is 2.00 e. The average Bonchev–Trinajstić information content (AvgIpc) is 3.59. The van der Waals surface area contributed by atoms with E-state index in [0.29, 0.717) is 17.4 Å². The summed E-state index contributed by atoms with van der Waals surface area (Å²) in [6.07, 6.45) is 1.90. The van der Waals surface area contributed by atoms with Gasteiger partial charge in [-0.1, -0.05) is 97.3 Å². The molecule has 0 spiro atoms. The summed E-state index contributed by atoms with van der Waals surface area (Å²) in [5.41, 5.74) is 12.0. The van der Waals surface area contributed by atoms with Crippen LogP contribution in [0.2, 0.25) is 0 Å². The Morgan fingerprint density at radius 2 is 1.42 bits per heavy atom. The van der Waals surface area contributed by atoms with E-state index in [1.807, 2.05) is 12.3 Å². The standard InChI is InChI=1S/C46H48N4O.Pd/c1-28(2)32-21-22-47-41(23-32)49-39-18-13-12-17-37(39)38-20-19-35(27-40(38)49)51-36-25-33(45(6,7)8)24-34(26-36)50-44(46(9,10)11)43(31(5)48-50)42-29(3)15-14-16-30(42)4;/h12-25,28H,1-11H3;/q-2;+2. The molecule has 0 aliphatic heterocycles. The van der Waals surface area contributed by atoms with Gasteiger partial charge in [0, 0.05) is 34.2 Å². The molecule has 268 valence electrons. The van der Waals surface area contributed by atoms with Crippen LogP contribution in [0.5, 0.6) is 11.5 Å². The fourth-order valence-electron chi connectivity index (χ4n) is 7.24. The smallest absolute Gasteiger partial charge is 0.509 e. The van der Waals surface area contributed by atoms with Crippen LogP contribution >= 0.6 is 0 Å². The molecule has 0 bridgehead atoms. The number of aromatic nitrogens is 4. The first-order valence-corrected chi connectivity index (χ1v) is 18.0. The van der Waals surface area contributed by atoms with Crippen molar-refractivity contribution in [1.82, 2.24) is 19.3 Å². The van der Waals surface area contributed by atoms with E-state index in [9.17, 15) is 0 Å². The number of para-hydroxylation sites is 1. The molecule has 3 aromatic heterocycles. The Balaban J connectivity index is 0.00000464. The third-order valence-electron chi connectivity index (χ3n) is 9.87. The van der Waals surface area contributed by atoms with Crippen LogP contribution in [0.15, 0.2) is 85.1 Å². The van der Waals surface area contributed by atoms with Crippen LogP contribution < -0.4 is 4.74 Å². The maximum absolute atomic E-state index is 6.73. The summed E-state index contributed by atoms with van der Waals surface area (Å²) in [6.45, 7) is 24.4. The summed E-state index contributed by atoms with van der Waals surface area (Å²) in [6, 6.07) is 35.0. The zero-order valence-corrected chi connectivity index (χ0v) is 33.7. The number of pyridine rings is 1. The molecular formula is C46H48N4OPd. The van der Waals surface area contributed by atoms with Crippen LogP contribution in [0.25, 0.3) is 44.4 Å². The van der Waals surface area contributed by atoms with E-state index in [4.69, 9.17) is 14.8 Å². The molecule has 0 atom stereocenters. The van der Waals surface area contributed by atoms with Gasteiger partial charge in [0.05, 0.1) is 11.4 Å². The largest absolute Gasteiger partial charge is 2.00 e. The molecule has 6 heteroatoms. The Bertz CT molecular complexity index is 2410. The SMILES string of the molecule is Cc1cccc(C)c1-c1c(C)nn(-c2[c-]c(Oc3[c-]c4c(cc3)c3ccccc3n4-c3cc(C(C)C)ccn3)cc(C(C)(C)C)c2)c1C(C)(C)C.[Pd+2]. The van der Waals surface area contributed by atoms with Crippen molar-refractivity contribution in [1.29, 1.82) is 0 Å². The van der Waals surface area contributed by atoms with Gasteiger partial charge < -0.3 is 9.30 Å². The minimum absolute atomic E-state index is 0. The molecule has 5 nitrogen and oxygen atoms in total. The third kappa shape index (κ3) is 6.75. The Hall–Kier alpha value is -4.50. The molecule has 7 rings (SSSR count). The van der Waals surface area contributed by atoms with Gasteiger partial charge in [0.15, 0.2) is 0 Å². The van der Waals surface area contributed by atoms with Gasteiger partial charge in [-0.3, -0.25) is 4.68 Å². The van der Waals surface area contributed by atoms with Gasteiger partial charge in [0.1, 0.15) is 5.82 Å². The van der Waals surface area contributed by atoms with Crippen molar-refractivity contribution in [3.8, 4) is 34.1 Å². The van der Waals surface area contributed by atoms with Crippen molar-refractivity contribution in [3.63, 3.8) is 0 Å². The normalized spacial score (nSPS) is 12.2. The molecule has 0 amide bonds. The molecule has 0 aliphatic rings. The van der Waals surface area contributed by atoms with Gasteiger partial charge in [-0.05, 0) is 83.6 Å². The number of aryl methyl sites for hydroxylation is 3. The van der Waals surface area contributed by atoms with Gasteiger partial charge >= 0.3 is 20.4 Å². The topological polar surface area (TPSA) is 44.9 Å². The number of fused-ring (bicyclic) bond motifs is 3. The van der Waals surface area contributed by atoms with E-state index in [2.05, 4.69) is 170 Å². The van der Waals surface area contributed by atoms with Crippen LogP contribution in [0.4, 0.5) is 0 Å². The maximum atomic E-state index is 6.73. The summed E-state index contributed by atoms with van der Waals surface area (Å²) < 4.78 is 11.0. The minimum atomic E-state index is -0.203. The molecule has 3 heterocycles. The van der Waals surface area contributed by atoms with E-state index in [-0.39, 0.29) is 31.3 Å². The minimum Gasteiger partial charge on any atom is -0.509 e. The van der Waals surface area contributed by atoms with Crippen LogP contribution in [0.3, 0.4) is 0 Å². The van der Waals surface area contributed by atoms with E-state index in [0.717, 1.165) is 50.3 Å². The number of hydrogen-bond donors (Lipinski definition) is 0. The second-order valence-corrected chi connectivity index (χ2v) is 16.2. The molecule has 0 radical (unpaired) electrons. The van der Waals surface area contributed by atoms with Crippen molar-refractivity contribution < 1.29 is 25.2 Å². The van der Waals surface area contributed by atoms with Gasteiger partial charge in [-0.25, -0.2) is 4.98 Å². The molecule has 7 aromatic rings. The molecule has 4 aromatic carbocycles. The predicted octanol–water partition coefficient (Wildman–Crippen LogP) is 12.1. The first kappa shape index (κ1) is 37.3. The van der Waals surface area contributed by atoms with E-state index in [1.54, 1.807) is 0 Å². The van der Waals surface area contributed by atoms with Crippen molar-refractivity contribution in [2.75, 3.05) is 0 Å². The fourth-order valence-corrected chi connectivity index (χ4v) is 7.24. The van der Waals surface area contributed by atoms with Crippen molar-refractivity contribution >= 4 is 21.8 Å². The zero-order valence-electron chi connectivity index (χ0n) is 32.2. The number of hydrogen-bond acceptors (Lipinski definition) is 3. The first-order valence-electron chi connectivity index (χ1n) is 18.0. The van der Waals surface area contributed by atoms with Gasteiger partial charge in [-0.15, -0.1) is 41.3 Å². The zero-order chi connectivity index (χ0) is 36.4. The summed E-state index contributed by atoms with van der Waals surface area (Å²) in [5.74, 6) is 2.49. The van der Waals surface area contributed by atoms with E-state index < -0.39 is 0 Å². The van der Waals surface area contributed by atoms with Crippen LogP contribution in [0, 0.1) is 32.9 Å². The summed E-state index contributed by atoms with van der Waals surface area (Å²) in [4.78, 5) is 4.82. The molecule has 0 fully saturated rings. The average molecular weight is 779 g/mol. The second kappa shape index (κ2) is 13.8. The molecule has 0 unspecified atom stereocenters. The molecule has 0 saturated carbocycles. The van der Waals surface area contributed by atoms with Crippen LogP contribution in [0.1, 0.15) is 94.9 Å². The quantitative estimate of drug-likeness (QED) is 0.125. The molecular weight excluding hydrogens is 731 g/mol. The number of benzene rings is 4. The first-order chi connectivity index (χ1) is 24.1. The molecule has 0 aliphatic carbocycles. The number of rotatable bonds is 6. The monoisotopic (exact) mass is 778 g/mol. The predicted molar refractivity (Wildman–Crippen MR) is 211 cm³/mol. The fraction of sp³-hybridized carbons (Fsp3) is 0.304. The van der Waals surface area contributed by atoms with Crippen molar-refractivity contribution in [2.24, 2.45) is 0 Å². The van der Waals surface area contributed by atoms with Gasteiger partial charge in [0.2, 0.25) is 0 Å². The van der Waals surface area contributed by atoms with Gasteiger partial charge in [0.25, 0.3) is 0 Å². The second-order valence-electron chi connectivity index (χ2n) is 16.2. The third-order valence-corrected chi connectivity index (χ3v) is 9.87. The summed E-state index contributed by atoms with van der Waals surface area (Å²) in [7, 11) is 0. The number of ether oxygens (including phenoxy) is 1. The number of nitrogens with zero attached hydrogens (tertiary/aromatic N) is 4. The molecule has 52 heavy (non-hydrogen) atoms. The van der Waals surface area contributed by atoms with E-state index in [1.165, 1.54) is 27.8 Å². The Labute approximate surface area is 322 Å². The van der Waals surface area contributed by atoms with Gasteiger partial charge in [-0.2, -0.15) is 11.2 Å². The summed E-state index contributed by atoms with van der Waals surface area (Å²) in [5, 5.41) is 7.47. The Kier molecular flexibility index (Phi) is 9.90. The molecule has 0 N–H and O–H groups in total. The Morgan fingerprint density at radius 1 is 0.712 bits per heavy atom. The Morgan fingerprint density at radius 3 is 2.10 bits per heavy atom. The molecule has 0 saturated heterocycles. The van der Waals surface area contributed by atoms with E-state index >= 15 is 0 Å². The van der Waals surface area contributed by atoms with Crippen molar-refractivity contribution in [3.05, 3.63) is 131 Å². The summed E-state index contributed by atoms with van der Waals surface area (Å²) >= 11 is 0. The van der Waals surface area contributed by atoms with Crippen LogP contribution in [-0.2, 0) is 31.3 Å². The van der Waals surface area contributed by atoms with Crippen molar-refractivity contribution in [2.45, 2.75) is 92.9 Å². The van der Waals surface area contributed by atoms with Crippen LogP contribution in [-0.4, -0.2) is 19.3 Å².